The summed E-state index contributed by atoms with van der Waals surface area (Å²) < 4.78 is 61.8. The van der Waals surface area contributed by atoms with Gasteiger partial charge in [0.25, 0.3) is 0 Å². The third-order valence-corrected chi connectivity index (χ3v) is 18.4. The van der Waals surface area contributed by atoms with Gasteiger partial charge < -0.3 is 43.6 Å². The third kappa shape index (κ3) is 18.3. The molecule has 15 rings (SSSR count). The van der Waals surface area contributed by atoms with E-state index in [-0.39, 0.29) is 54.8 Å². The number of methoxy groups -OCH3 is 3. The molecule has 0 N–H and O–H groups in total. The quantitative estimate of drug-likeness (QED) is 0.0772. The van der Waals surface area contributed by atoms with Gasteiger partial charge in [0.05, 0.1) is 43.2 Å². The first-order valence-electron chi connectivity index (χ1n) is 34.0. The Morgan fingerprint density at radius 2 is 0.701 bits per heavy atom. The monoisotopic (exact) mass is 1530 g/mol. The topological polar surface area (TPSA) is 268 Å². The van der Waals surface area contributed by atoms with E-state index in [9.17, 15) is 27.6 Å². The number of rotatable bonds is 18. The average Bonchev–Trinajstić information content (AvgIpc) is 1.67. The maximum Gasteiger partial charge on any atom is 0.244 e. The Morgan fingerprint density at radius 1 is 0.402 bits per heavy atom. The van der Waals surface area contributed by atoms with Crippen LogP contribution in [0.15, 0.2) is 193 Å². The van der Waals surface area contributed by atoms with Gasteiger partial charge in [-0.05, 0) is 174 Å². The molecule has 3 aliphatic rings. The highest BCUT2D eigenvalue weighted by molar-refractivity contribution is 9.10. The predicted molar refractivity (Wildman–Crippen MR) is 397 cm³/mol. The van der Waals surface area contributed by atoms with Crippen LogP contribution in [0.5, 0.6) is 17.2 Å². The smallest absolute Gasteiger partial charge is 0.244 e. The van der Waals surface area contributed by atoms with Crippen molar-refractivity contribution in [3.05, 3.63) is 216 Å². The van der Waals surface area contributed by atoms with E-state index >= 15 is 0 Å². The number of piperazine rings is 3. The Bertz CT molecular complexity index is 4740. The summed E-state index contributed by atoms with van der Waals surface area (Å²) >= 11 is 9.22. The molecule has 3 fully saturated rings. The molecule has 107 heavy (non-hydrogen) atoms. The van der Waals surface area contributed by atoms with Crippen LogP contribution in [0.25, 0.3) is 68.3 Å². The molecule has 546 valence electrons. The minimum atomic E-state index is -0.348. The number of halogens is 5. The largest absolute Gasteiger partial charge is 0.497 e. The Morgan fingerprint density at radius 3 is 1.00 bits per heavy atom. The lowest BCUT2D eigenvalue weighted by Gasteiger charge is -2.35. The Labute approximate surface area is 626 Å². The van der Waals surface area contributed by atoms with E-state index in [2.05, 4.69) is 86.1 Å². The molecule has 0 atom stereocenters. The number of carbonyl (C=O) groups is 3. The molecule has 0 unspecified atom stereocenters. The molecule has 0 spiro atoms. The van der Waals surface area contributed by atoms with Crippen molar-refractivity contribution in [1.29, 1.82) is 0 Å². The molecule has 27 nitrogen and oxygen atoms in total. The van der Waals surface area contributed by atoms with Gasteiger partial charge in [0, 0.05) is 131 Å². The first kappa shape index (κ1) is 73.1. The highest BCUT2D eigenvalue weighted by Crippen LogP contribution is 2.30. The van der Waals surface area contributed by atoms with E-state index in [0.29, 0.717) is 147 Å². The van der Waals surface area contributed by atoms with Gasteiger partial charge in [0.2, 0.25) is 29.6 Å². The van der Waals surface area contributed by atoms with Crippen LogP contribution in [0.1, 0.15) is 0 Å². The van der Waals surface area contributed by atoms with Gasteiger partial charge in [-0.25, -0.2) is 62.1 Å². The van der Waals surface area contributed by atoms with Gasteiger partial charge in [-0.15, -0.1) is 20.4 Å². The lowest BCUT2D eigenvalue weighted by molar-refractivity contribution is -0.133. The van der Waals surface area contributed by atoms with Crippen molar-refractivity contribution in [3.8, 4) is 85.6 Å². The summed E-state index contributed by atoms with van der Waals surface area (Å²) in [5.41, 5.74) is 4.38. The van der Waals surface area contributed by atoms with E-state index in [1.54, 1.807) is 113 Å². The van der Waals surface area contributed by atoms with Gasteiger partial charge in [-0.2, -0.15) is 5.10 Å². The Hall–Kier alpha value is -12.3. The molecule has 9 heterocycles. The molecule has 6 aromatic heterocycles. The van der Waals surface area contributed by atoms with Crippen molar-refractivity contribution in [2.24, 2.45) is 0 Å². The molecule has 32 heteroatoms. The fourth-order valence-electron chi connectivity index (χ4n) is 12.0. The normalized spacial score (nSPS) is 13.6. The van der Waals surface area contributed by atoms with E-state index in [1.807, 2.05) is 94.7 Å². The zero-order valence-electron chi connectivity index (χ0n) is 58.2. The summed E-state index contributed by atoms with van der Waals surface area (Å²) in [6, 6.07) is 43.9. The second-order valence-electron chi connectivity index (χ2n) is 24.5. The van der Waals surface area contributed by atoms with Crippen LogP contribution in [0.4, 0.5) is 30.9 Å². The van der Waals surface area contributed by atoms with Crippen LogP contribution >= 0.6 is 27.5 Å². The summed E-state index contributed by atoms with van der Waals surface area (Å²) in [6.45, 7) is 7.15. The van der Waals surface area contributed by atoms with Gasteiger partial charge in [-0.1, -0.05) is 11.6 Å². The Kier molecular flexibility index (Phi) is 23.3. The molecule has 3 aliphatic heterocycles. The van der Waals surface area contributed by atoms with E-state index in [4.69, 9.17) is 25.8 Å². The lowest BCUT2D eigenvalue weighted by Crippen LogP contribution is -2.50. The average molecular weight is 1530 g/mol. The maximum absolute atomic E-state index is 13.5. The molecule has 3 saturated heterocycles. The van der Waals surface area contributed by atoms with Gasteiger partial charge in [0.1, 0.15) is 54.3 Å². The number of amides is 3. The number of nitrogens with zero attached hydrogens (tertiary/aromatic N) is 21. The zero-order chi connectivity index (χ0) is 74.3. The fraction of sp³-hybridized carbons (Fsp3) is 0.240. The van der Waals surface area contributed by atoms with Crippen LogP contribution in [0.2, 0.25) is 5.02 Å². The van der Waals surface area contributed by atoms with Crippen LogP contribution in [0, 0.1) is 17.5 Å². The summed E-state index contributed by atoms with van der Waals surface area (Å²) in [5, 5.41) is 22.4. The molecular formula is C75H70BrClF3N21O6. The number of aromatic nitrogens is 15. The highest BCUT2D eigenvalue weighted by atomic mass is 79.9. The summed E-state index contributed by atoms with van der Waals surface area (Å²) in [7, 11) is 4.81. The number of benzene rings is 6. The highest BCUT2D eigenvalue weighted by Gasteiger charge is 2.29. The standard InChI is InChI=1S/C25H23BrFN7O2.C25H23ClFN7O2.C25H24FN7O2/c2*1-36-21-8-4-17(5-9-21)23-30-24(18-2-6-20(27)7-3-18)34(31-23)16-22(35)32-10-12-33(13-11-32)25-28-14-19(26)15-29-25;1-35-21-10-6-18(7-11-21)24-28-25(19-4-8-20(26)9-5-19)33(30-24)17-23(34)32-15-13-31(14-16-32)22-3-2-12-27-29-22/h2*2-9,14-15H,10-13,16H2,1H3;2-12H,13-17H2,1H3. The van der Waals surface area contributed by atoms with Crippen LogP contribution in [-0.2, 0) is 34.0 Å². The number of carbonyl (C=O) groups excluding carboxylic acids is 3. The Balaban J connectivity index is 0.000000142. The van der Waals surface area contributed by atoms with Crippen molar-refractivity contribution in [2.45, 2.75) is 19.6 Å². The lowest BCUT2D eigenvalue weighted by atomic mass is 10.2. The van der Waals surface area contributed by atoms with Crippen molar-refractivity contribution in [1.82, 2.24) is 89.1 Å². The van der Waals surface area contributed by atoms with Crippen LogP contribution in [-0.4, -0.2) is 207 Å². The summed E-state index contributed by atoms with van der Waals surface area (Å²) in [5.74, 6) is 5.87. The minimum Gasteiger partial charge on any atom is -0.497 e. The zero-order valence-corrected chi connectivity index (χ0v) is 60.6. The van der Waals surface area contributed by atoms with Gasteiger partial charge in [0.15, 0.2) is 40.8 Å². The van der Waals surface area contributed by atoms with Crippen LogP contribution < -0.4 is 28.9 Å². The number of hydrogen-bond donors (Lipinski definition) is 0. The molecule has 0 aliphatic carbocycles. The number of ether oxygens (including phenoxy) is 3. The second-order valence-corrected chi connectivity index (χ2v) is 25.9. The van der Waals surface area contributed by atoms with Crippen molar-refractivity contribution < 1.29 is 41.8 Å². The van der Waals surface area contributed by atoms with Crippen molar-refractivity contribution in [3.63, 3.8) is 0 Å². The molecule has 6 aromatic carbocycles. The fourth-order valence-corrected chi connectivity index (χ4v) is 12.3. The summed E-state index contributed by atoms with van der Waals surface area (Å²) in [4.78, 5) is 82.4. The molecule has 12 aromatic rings. The molecular weight excluding hydrogens is 1460 g/mol. The molecule has 0 radical (unpaired) electrons. The van der Waals surface area contributed by atoms with Crippen molar-refractivity contribution >= 4 is 63.0 Å². The minimum absolute atomic E-state index is 0.00725. The number of hydrogen-bond acceptors (Lipinski definition) is 21. The molecule has 3 amide bonds. The van der Waals surface area contributed by atoms with Gasteiger partial charge >= 0.3 is 0 Å². The van der Waals surface area contributed by atoms with E-state index < -0.39 is 0 Å². The van der Waals surface area contributed by atoms with Gasteiger partial charge in [-0.3, -0.25) is 14.4 Å². The SMILES string of the molecule is COc1ccc(-c2nc(-c3ccc(F)cc3)n(CC(=O)N3CCN(c4cccnn4)CC3)n2)cc1.COc1ccc(-c2nc(-c3ccc(F)cc3)n(CC(=O)N3CCN(c4ncc(Br)cn4)CC3)n2)cc1.COc1ccc(-c2nc(-c3ccc(F)cc3)n(CC(=O)N3CCN(c4ncc(Cl)cn4)CC3)n2)cc1. The first-order chi connectivity index (χ1) is 52.1. The van der Waals surface area contributed by atoms with E-state index in [1.165, 1.54) is 36.4 Å². The number of anilines is 3. The van der Waals surface area contributed by atoms with E-state index in [0.717, 1.165) is 44.2 Å². The van der Waals surface area contributed by atoms with Crippen LogP contribution in [0.3, 0.4) is 0 Å². The first-order valence-corrected chi connectivity index (χ1v) is 35.1. The van der Waals surface area contributed by atoms with Crippen molar-refractivity contribution in [2.75, 3.05) is 115 Å². The molecule has 0 saturated carbocycles. The second kappa shape index (κ2) is 34.1. The molecule has 0 bridgehead atoms. The maximum atomic E-state index is 13.5. The third-order valence-electron chi connectivity index (χ3n) is 17.8. The summed E-state index contributed by atoms with van der Waals surface area (Å²) in [6.07, 6.45) is 8.18. The predicted octanol–water partition coefficient (Wildman–Crippen LogP) is 10.1.